The third-order valence-corrected chi connectivity index (χ3v) is 4.81. The van der Waals surface area contributed by atoms with Crippen LogP contribution in [-0.4, -0.2) is 56.8 Å². The number of carbonyl (C=O) groups excluding carboxylic acids is 1. The zero-order valence-corrected chi connectivity index (χ0v) is 11.9. The minimum Gasteiger partial charge on any atom is -0.469 e. The maximum absolute atomic E-state index is 12.2. The van der Waals surface area contributed by atoms with E-state index in [1.54, 1.807) is 0 Å². The Bertz CT molecular complexity index is 430. The van der Waals surface area contributed by atoms with Crippen LogP contribution in [0.25, 0.3) is 0 Å². The topological polar surface area (TPSA) is 66.9 Å². The van der Waals surface area contributed by atoms with Crippen molar-refractivity contribution in [1.29, 1.82) is 0 Å². The van der Waals surface area contributed by atoms with Gasteiger partial charge in [-0.2, -0.15) is 17.0 Å². The van der Waals surface area contributed by atoms with E-state index in [1.165, 1.54) is 22.8 Å². The Hall–Kier alpha value is -0.920. The summed E-state index contributed by atoms with van der Waals surface area (Å²) in [5.41, 5.74) is 1.05. The van der Waals surface area contributed by atoms with Crippen LogP contribution in [0.5, 0.6) is 0 Å². The molecule has 7 heteroatoms. The molecule has 0 amide bonds. The lowest BCUT2D eigenvalue weighted by Crippen LogP contribution is -2.44. The van der Waals surface area contributed by atoms with Gasteiger partial charge in [-0.15, -0.1) is 0 Å². The Balaban J connectivity index is 2.62. The quantitative estimate of drug-likeness (QED) is 0.538. The van der Waals surface area contributed by atoms with Crippen molar-refractivity contribution in [2.75, 3.05) is 33.8 Å². The number of esters is 1. The van der Waals surface area contributed by atoms with E-state index >= 15 is 0 Å². The van der Waals surface area contributed by atoms with Gasteiger partial charge in [0.25, 0.3) is 10.2 Å². The highest BCUT2D eigenvalue weighted by atomic mass is 32.2. The second-order valence-corrected chi connectivity index (χ2v) is 6.36. The predicted octanol–water partition coefficient (Wildman–Crippen LogP) is 0.378. The third kappa shape index (κ3) is 3.79. The lowest BCUT2D eigenvalue weighted by molar-refractivity contribution is -0.140. The average molecular weight is 276 g/mol. The van der Waals surface area contributed by atoms with E-state index < -0.39 is 16.2 Å². The van der Waals surface area contributed by atoms with Crippen LogP contribution >= 0.6 is 0 Å². The number of hydrogen-bond donors (Lipinski definition) is 0. The molecule has 0 fully saturated rings. The maximum Gasteiger partial charge on any atom is 0.306 e. The molecule has 0 aliphatic carbocycles. The number of rotatable bonds is 5. The number of methoxy groups -OCH3 is 1. The van der Waals surface area contributed by atoms with E-state index in [4.69, 9.17) is 0 Å². The van der Waals surface area contributed by atoms with E-state index in [0.717, 1.165) is 12.0 Å². The molecule has 0 spiro atoms. The third-order valence-electron chi connectivity index (χ3n) is 2.88. The second kappa shape index (κ2) is 6.31. The Morgan fingerprint density at radius 3 is 2.78 bits per heavy atom. The summed E-state index contributed by atoms with van der Waals surface area (Å²) < 4.78 is 31.5. The molecule has 1 aliphatic heterocycles. The van der Waals surface area contributed by atoms with E-state index in [0.29, 0.717) is 13.1 Å². The van der Waals surface area contributed by atoms with Crippen LogP contribution in [0.2, 0.25) is 0 Å². The summed E-state index contributed by atoms with van der Waals surface area (Å²) >= 11 is 0. The summed E-state index contributed by atoms with van der Waals surface area (Å²) in [7, 11) is -0.715. The molecule has 0 unspecified atom stereocenters. The molecule has 0 N–H and O–H groups in total. The molecule has 104 valence electrons. The van der Waals surface area contributed by atoms with Gasteiger partial charge in [0, 0.05) is 26.7 Å². The zero-order chi connectivity index (χ0) is 13.8. The van der Waals surface area contributed by atoms with Crippen LogP contribution in [0.15, 0.2) is 11.6 Å². The minimum absolute atomic E-state index is 0.0644. The smallest absolute Gasteiger partial charge is 0.306 e. The molecule has 1 heterocycles. The van der Waals surface area contributed by atoms with Gasteiger partial charge in [-0.05, 0) is 13.3 Å². The zero-order valence-electron chi connectivity index (χ0n) is 11.0. The van der Waals surface area contributed by atoms with Crippen molar-refractivity contribution in [2.45, 2.75) is 19.8 Å². The van der Waals surface area contributed by atoms with Crippen LogP contribution in [0.3, 0.4) is 0 Å². The van der Waals surface area contributed by atoms with Gasteiger partial charge in [-0.3, -0.25) is 4.79 Å². The Morgan fingerprint density at radius 1 is 1.56 bits per heavy atom. The van der Waals surface area contributed by atoms with Crippen molar-refractivity contribution in [2.24, 2.45) is 0 Å². The van der Waals surface area contributed by atoms with Crippen molar-refractivity contribution >= 4 is 16.2 Å². The molecular formula is C11H20N2O4S. The summed E-state index contributed by atoms with van der Waals surface area (Å²) in [5, 5.41) is 0. The predicted molar refractivity (Wildman–Crippen MR) is 68.1 cm³/mol. The first-order valence-corrected chi connectivity index (χ1v) is 7.21. The molecule has 1 rings (SSSR count). The Kier molecular flexibility index (Phi) is 5.30. The van der Waals surface area contributed by atoms with Gasteiger partial charge >= 0.3 is 5.97 Å². The normalized spacial score (nSPS) is 17.7. The number of hydrogen-bond acceptors (Lipinski definition) is 4. The Labute approximate surface area is 108 Å². The van der Waals surface area contributed by atoms with Crippen molar-refractivity contribution in [3.05, 3.63) is 11.6 Å². The molecule has 18 heavy (non-hydrogen) atoms. The summed E-state index contributed by atoms with van der Waals surface area (Å²) in [6.07, 6.45) is 2.84. The van der Waals surface area contributed by atoms with Gasteiger partial charge < -0.3 is 4.74 Å². The second-order valence-electron chi connectivity index (χ2n) is 4.33. The Morgan fingerprint density at radius 2 is 2.22 bits per heavy atom. The van der Waals surface area contributed by atoms with Gasteiger partial charge in [-0.25, -0.2) is 0 Å². The first kappa shape index (κ1) is 15.1. The van der Waals surface area contributed by atoms with Gasteiger partial charge in [0.2, 0.25) is 0 Å². The maximum atomic E-state index is 12.2. The summed E-state index contributed by atoms with van der Waals surface area (Å²) in [4.78, 5) is 11.0. The van der Waals surface area contributed by atoms with Gasteiger partial charge in [0.1, 0.15) is 0 Å². The fraction of sp³-hybridized carbons (Fsp3) is 0.727. The van der Waals surface area contributed by atoms with Gasteiger partial charge in [0.05, 0.1) is 13.5 Å². The van der Waals surface area contributed by atoms with Crippen molar-refractivity contribution < 1.29 is 17.9 Å². The first-order valence-electron chi connectivity index (χ1n) is 5.81. The van der Waals surface area contributed by atoms with Crippen LogP contribution < -0.4 is 0 Å². The fourth-order valence-corrected chi connectivity index (χ4v) is 3.16. The van der Waals surface area contributed by atoms with Gasteiger partial charge in [0.15, 0.2) is 0 Å². The monoisotopic (exact) mass is 276 g/mol. The van der Waals surface area contributed by atoms with Crippen LogP contribution in [0.4, 0.5) is 0 Å². The summed E-state index contributed by atoms with van der Waals surface area (Å²) in [6, 6.07) is 0. The molecule has 0 radical (unpaired) electrons. The molecule has 0 aromatic heterocycles. The number of ether oxygens (including phenoxy) is 1. The van der Waals surface area contributed by atoms with E-state index in [9.17, 15) is 13.2 Å². The molecule has 0 aromatic rings. The summed E-state index contributed by atoms with van der Waals surface area (Å²) in [6.45, 7) is 2.96. The van der Waals surface area contributed by atoms with Crippen molar-refractivity contribution in [1.82, 2.24) is 8.61 Å². The van der Waals surface area contributed by atoms with E-state index in [1.807, 2.05) is 13.0 Å². The summed E-state index contributed by atoms with van der Waals surface area (Å²) in [5.74, 6) is -0.410. The van der Waals surface area contributed by atoms with Crippen LogP contribution in [-0.2, 0) is 19.7 Å². The SMILES string of the molecule is COC(=O)CCN(C)S(=O)(=O)N1CCC=C(C)C1. The molecule has 0 atom stereocenters. The first-order chi connectivity index (χ1) is 8.37. The highest BCUT2D eigenvalue weighted by molar-refractivity contribution is 7.86. The van der Waals surface area contributed by atoms with Crippen LogP contribution in [0, 0.1) is 0 Å². The lowest BCUT2D eigenvalue weighted by Gasteiger charge is -2.29. The molecule has 0 saturated carbocycles. The minimum atomic E-state index is -3.48. The number of nitrogens with zero attached hydrogens (tertiary/aromatic N) is 2. The highest BCUT2D eigenvalue weighted by Gasteiger charge is 2.28. The van der Waals surface area contributed by atoms with Crippen molar-refractivity contribution in [3.8, 4) is 0 Å². The van der Waals surface area contributed by atoms with Crippen molar-refractivity contribution in [3.63, 3.8) is 0 Å². The van der Waals surface area contributed by atoms with E-state index in [-0.39, 0.29) is 13.0 Å². The molecule has 0 bridgehead atoms. The average Bonchev–Trinajstić information content (AvgIpc) is 2.35. The molecular weight excluding hydrogens is 256 g/mol. The standard InChI is InChI=1S/C11H20N2O4S/c1-10-5-4-7-13(9-10)18(15,16)12(2)8-6-11(14)17-3/h5H,4,6-9H2,1-3H3. The molecule has 6 nitrogen and oxygen atoms in total. The lowest BCUT2D eigenvalue weighted by atomic mass is 10.2. The fourth-order valence-electron chi connectivity index (χ4n) is 1.74. The van der Waals surface area contributed by atoms with Gasteiger partial charge in [-0.1, -0.05) is 11.6 Å². The molecule has 1 aliphatic rings. The largest absolute Gasteiger partial charge is 0.469 e. The molecule has 0 saturated heterocycles. The molecule has 0 aromatic carbocycles. The van der Waals surface area contributed by atoms with E-state index in [2.05, 4.69) is 4.74 Å². The number of carbonyl (C=O) groups is 1. The highest BCUT2D eigenvalue weighted by Crippen LogP contribution is 2.15. The van der Waals surface area contributed by atoms with Crippen LogP contribution in [0.1, 0.15) is 19.8 Å².